The lowest BCUT2D eigenvalue weighted by molar-refractivity contribution is 0.486. The van der Waals surface area contributed by atoms with Crippen LogP contribution in [0.1, 0.15) is 28.5 Å². The van der Waals surface area contributed by atoms with Gasteiger partial charge in [-0.05, 0) is 42.8 Å². The molecular weight excluding hydrogens is 247 g/mol. The molecule has 0 fully saturated rings. The van der Waals surface area contributed by atoms with Gasteiger partial charge in [-0.15, -0.1) is 11.3 Å². The Morgan fingerprint density at radius 2 is 2.22 bits per heavy atom. The standard InChI is InChI=1S/C14H17FN2S/c1-10-4-6-12(13(15)9-10)14(17-16)7-5-11-3-2-8-18-11/h2-4,6,8-9,14,17H,5,7,16H2,1H3. The molecule has 0 bridgehead atoms. The second-order valence-electron chi connectivity index (χ2n) is 4.36. The smallest absolute Gasteiger partial charge is 0.128 e. The van der Waals surface area contributed by atoms with E-state index in [1.165, 1.54) is 4.88 Å². The van der Waals surface area contributed by atoms with Gasteiger partial charge in [0, 0.05) is 16.5 Å². The van der Waals surface area contributed by atoms with Gasteiger partial charge < -0.3 is 0 Å². The summed E-state index contributed by atoms with van der Waals surface area (Å²) in [7, 11) is 0. The third-order valence-electron chi connectivity index (χ3n) is 2.99. The molecule has 0 aliphatic rings. The molecule has 0 amide bonds. The minimum absolute atomic E-state index is 0.146. The number of benzene rings is 1. The maximum absolute atomic E-state index is 13.9. The van der Waals surface area contributed by atoms with Crippen LogP contribution in [0.2, 0.25) is 0 Å². The highest BCUT2D eigenvalue weighted by Gasteiger charge is 2.14. The Kier molecular flexibility index (Phi) is 4.47. The highest BCUT2D eigenvalue weighted by molar-refractivity contribution is 7.09. The van der Waals surface area contributed by atoms with Crippen molar-refractivity contribution in [1.82, 2.24) is 5.43 Å². The number of hydrazine groups is 1. The molecule has 0 spiro atoms. The van der Waals surface area contributed by atoms with Crippen LogP contribution >= 0.6 is 11.3 Å². The first-order valence-corrected chi connectivity index (χ1v) is 6.83. The molecule has 2 rings (SSSR count). The van der Waals surface area contributed by atoms with Crippen molar-refractivity contribution in [2.24, 2.45) is 5.84 Å². The number of aryl methyl sites for hydroxylation is 2. The lowest BCUT2D eigenvalue weighted by Crippen LogP contribution is -2.29. The molecule has 1 heterocycles. The Bertz CT molecular complexity index is 497. The van der Waals surface area contributed by atoms with Crippen LogP contribution in [-0.4, -0.2) is 0 Å². The first-order valence-electron chi connectivity index (χ1n) is 5.95. The van der Waals surface area contributed by atoms with Crippen LogP contribution in [0.4, 0.5) is 4.39 Å². The van der Waals surface area contributed by atoms with Gasteiger partial charge in [0.25, 0.3) is 0 Å². The van der Waals surface area contributed by atoms with Crippen molar-refractivity contribution in [3.05, 3.63) is 57.5 Å². The van der Waals surface area contributed by atoms with Gasteiger partial charge in [0.05, 0.1) is 0 Å². The summed E-state index contributed by atoms with van der Waals surface area (Å²) >= 11 is 1.71. The molecule has 0 aliphatic carbocycles. The Balaban J connectivity index is 2.08. The van der Waals surface area contributed by atoms with Gasteiger partial charge in [-0.2, -0.15) is 0 Å². The number of rotatable bonds is 5. The number of thiophene rings is 1. The van der Waals surface area contributed by atoms with Gasteiger partial charge in [-0.1, -0.05) is 18.2 Å². The number of hydrogen-bond acceptors (Lipinski definition) is 3. The quantitative estimate of drug-likeness (QED) is 0.642. The molecule has 1 unspecified atom stereocenters. The maximum atomic E-state index is 13.9. The lowest BCUT2D eigenvalue weighted by atomic mass is 10.0. The molecule has 4 heteroatoms. The summed E-state index contributed by atoms with van der Waals surface area (Å²) in [4.78, 5) is 1.29. The van der Waals surface area contributed by atoms with Crippen molar-refractivity contribution < 1.29 is 4.39 Å². The van der Waals surface area contributed by atoms with E-state index >= 15 is 0 Å². The first kappa shape index (κ1) is 13.2. The zero-order valence-corrected chi connectivity index (χ0v) is 11.1. The average molecular weight is 264 g/mol. The third-order valence-corrected chi connectivity index (χ3v) is 3.93. The fourth-order valence-electron chi connectivity index (χ4n) is 1.98. The second kappa shape index (κ2) is 6.09. The van der Waals surface area contributed by atoms with Gasteiger partial charge in [-0.25, -0.2) is 4.39 Å². The molecule has 0 saturated heterocycles. The van der Waals surface area contributed by atoms with Gasteiger partial charge in [0.2, 0.25) is 0 Å². The summed E-state index contributed by atoms with van der Waals surface area (Å²) in [5.74, 6) is 5.35. The summed E-state index contributed by atoms with van der Waals surface area (Å²) in [6.07, 6.45) is 1.69. The summed E-state index contributed by atoms with van der Waals surface area (Å²) in [5.41, 5.74) is 4.27. The molecule has 1 aromatic heterocycles. The third kappa shape index (κ3) is 3.16. The number of nitrogens with one attached hydrogen (secondary N) is 1. The SMILES string of the molecule is Cc1ccc(C(CCc2cccs2)NN)c(F)c1. The topological polar surface area (TPSA) is 38.0 Å². The minimum Gasteiger partial charge on any atom is -0.271 e. The van der Waals surface area contributed by atoms with E-state index in [2.05, 4.69) is 11.5 Å². The van der Waals surface area contributed by atoms with Crippen molar-refractivity contribution >= 4 is 11.3 Å². The Labute approximate surface area is 111 Å². The van der Waals surface area contributed by atoms with E-state index in [0.717, 1.165) is 18.4 Å². The molecule has 0 radical (unpaired) electrons. The van der Waals surface area contributed by atoms with Gasteiger partial charge in [-0.3, -0.25) is 11.3 Å². The lowest BCUT2D eigenvalue weighted by Gasteiger charge is -2.17. The minimum atomic E-state index is -0.191. The predicted molar refractivity (Wildman–Crippen MR) is 73.8 cm³/mol. The Morgan fingerprint density at radius 1 is 1.39 bits per heavy atom. The highest BCUT2D eigenvalue weighted by atomic mass is 32.1. The van der Waals surface area contributed by atoms with Crippen LogP contribution in [0, 0.1) is 12.7 Å². The van der Waals surface area contributed by atoms with Crippen LogP contribution in [-0.2, 0) is 6.42 Å². The number of hydrogen-bond donors (Lipinski definition) is 2. The van der Waals surface area contributed by atoms with E-state index in [1.54, 1.807) is 17.4 Å². The van der Waals surface area contributed by atoms with Gasteiger partial charge in [0.1, 0.15) is 5.82 Å². The fraction of sp³-hybridized carbons (Fsp3) is 0.286. The predicted octanol–water partition coefficient (Wildman–Crippen LogP) is 3.33. The van der Waals surface area contributed by atoms with E-state index in [-0.39, 0.29) is 11.9 Å². The van der Waals surface area contributed by atoms with E-state index in [0.29, 0.717) is 5.56 Å². The van der Waals surface area contributed by atoms with Crippen molar-refractivity contribution in [2.75, 3.05) is 0 Å². The van der Waals surface area contributed by atoms with Crippen molar-refractivity contribution in [2.45, 2.75) is 25.8 Å². The maximum Gasteiger partial charge on any atom is 0.128 e. The highest BCUT2D eigenvalue weighted by Crippen LogP contribution is 2.23. The zero-order chi connectivity index (χ0) is 13.0. The molecule has 18 heavy (non-hydrogen) atoms. The summed E-state index contributed by atoms with van der Waals surface area (Å²) in [6.45, 7) is 1.88. The molecule has 0 saturated carbocycles. The molecule has 2 aromatic rings. The van der Waals surface area contributed by atoms with E-state index < -0.39 is 0 Å². The number of halogens is 1. The van der Waals surface area contributed by atoms with Crippen molar-refractivity contribution in [3.8, 4) is 0 Å². The molecule has 0 aliphatic heterocycles. The van der Waals surface area contributed by atoms with Crippen LogP contribution in [0.25, 0.3) is 0 Å². The van der Waals surface area contributed by atoms with E-state index in [4.69, 9.17) is 5.84 Å². The average Bonchev–Trinajstić information content (AvgIpc) is 2.85. The van der Waals surface area contributed by atoms with Crippen LogP contribution < -0.4 is 11.3 Å². The molecule has 2 nitrogen and oxygen atoms in total. The van der Waals surface area contributed by atoms with Gasteiger partial charge in [0.15, 0.2) is 0 Å². The monoisotopic (exact) mass is 264 g/mol. The van der Waals surface area contributed by atoms with Crippen LogP contribution in [0.15, 0.2) is 35.7 Å². The molecule has 96 valence electrons. The first-order chi connectivity index (χ1) is 8.70. The largest absolute Gasteiger partial charge is 0.271 e. The van der Waals surface area contributed by atoms with Gasteiger partial charge >= 0.3 is 0 Å². The molecule has 3 N–H and O–H groups in total. The van der Waals surface area contributed by atoms with Crippen LogP contribution in [0.3, 0.4) is 0 Å². The zero-order valence-electron chi connectivity index (χ0n) is 10.3. The Hall–Kier alpha value is -1.23. The fourth-order valence-corrected chi connectivity index (χ4v) is 2.71. The van der Waals surface area contributed by atoms with Crippen molar-refractivity contribution in [3.63, 3.8) is 0 Å². The van der Waals surface area contributed by atoms with E-state index in [1.807, 2.05) is 30.5 Å². The summed E-state index contributed by atoms with van der Waals surface area (Å²) in [5, 5.41) is 2.05. The second-order valence-corrected chi connectivity index (χ2v) is 5.39. The van der Waals surface area contributed by atoms with Crippen LogP contribution in [0.5, 0.6) is 0 Å². The normalized spacial score (nSPS) is 12.6. The molecule has 1 aromatic carbocycles. The molecule has 1 atom stereocenters. The summed E-state index contributed by atoms with van der Waals surface area (Å²) < 4.78 is 13.9. The van der Waals surface area contributed by atoms with Crippen molar-refractivity contribution in [1.29, 1.82) is 0 Å². The molecular formula is C14H17FN2S. The Morgan fingerprint density at radius 3 is 2.83 bits per heavy atom. The summed E-state index contributed by atoms with van der Waals surface area (Å²) in [6, 6.07) is 9.23. The van der Waals surface area contributed by atoms with E-state index in [9.17, 15) is 4.39 Å². The number of nitrogens with two attached hydrogens (primary N) is 1.